The van der Waals surface area contributed by atoms with Crippen molar-refractivity contribution in [1.29, 1.82) is 0 Å². The lowest BCUT2D eigenvalue weighted by Crippen LogP contribution is -2.48. The Kier molecular flexibility index (Phi) is 10.5. The number of hydrogen-bond acceptors (Lipinski definition) is 8. The minimum Gasteiger partial charge on any atom is -0.390 e. The Morgan fingerprint density at radius 3 is 2.57 bits per heavy atom. The second-order valence-electron chi connectivity index (χ2n) is 11.7. The van der Waals surface area contributed by atoms with Gasteiger partial charge in [-0.25, -0.2) is 4.98 Å². The van der Waals surface area contributed by atoms with Gasteiger partial charge in [-0.3, -0.25) is 19.6 Å². The third-order valence-corrected chi connectivity index (χ3v) is 8.99. The first-order valence-electron chi connectivity index (χ1n) is 15.1. The van der Waals surface area contributed by atoms with E-state index < -0.39 is 18.1 Å². The predicted octanol–water partition coefficient (Wildman–Crippen LogP) is 4.83. The maximum atomic E-state index is 13.6. The van der Waals surface area contributed by atoms with Crippen LogP contribution in [-0.4, -0.2) is 62.0 Å². The Hall–Kier alpha value is -3.99. The molecule has 4 heterocycles. The molecule has 4 aromatic rings. The van der Waals surface area contributed by atoms with Crippen molar-refractivity contribution in [3.05, 3.63) is 111 Å². The summed E-state index contributed by atoms with van der Waals surface area (Å²) in [5.74, 6) is -0.182. The molecule has 3 aromatic heterocycles. The average Bonchev–Trinajstić information content (AvgIpc) is 3.70. The second-order valence-corrected chi connectivity index (χ2v) is 12.6. The maximum absolute atomic E-state index is 13.6. The number of carbonyl (C=O) groups excluding carboxylic acids is 2. The molecule has 3 atom stereocenters. The van der Waals surface area contributed by atoms with Gasteiger partial charge < -0.3 is 20.6 Å². The topological polar surface area (TPSA) is 120 Å². The summed E-state index contributed by atoms with van der Waals surface area (Å²) in [5.41, 5.74) is 4.76. The zero-order valence-electron chi connectivity index (χ0n) is 25.4. The molecule has 0 aliphatic carbocycles. The highest BCUT2D eigenvalue weighted by Crippen LogP contribution is 2.34. The van der Waals surface area contributed by atoms with Gasteiger partial charge in [0.1, 0.15) is 5.01 Å². The summed E-state index contributed by atoms with van der Waals surface area (Å²) < 4.78 is 0. The van der Waals surface area contributed by atoms with Crippen LogP contribution in [0.5, 0.6) is 0 Å². The molecule has 5 rings (SSSR count). The van der Waals surface area contributed by atoms with Crippen LogP contribution in [0.3, 0.4) is 0 Å². The minimum atomic E-state index is -0.870. The third kappa shape index (κ3) is 7.93. The molecule has 1 saturated heterocycles. The van der Waals surface area contributed by atoms with Crippen molar-refractivity contribution < 1.29 is 14.7 Å². The van der Waals surface area contributed by atoms with Gasteiger partial charge in [0, 0.05) is 55.5 Å². The molecule has 3 N–H and O–H groups in total. The fraction of sp³-hybridized carbons (Fsp3) is 0.382. The van der Waals surface area contributed by atoms with Crippen LogP contribution in [0.2, 0.25) is 0 Å². The Morgan fingerprint density at radius 2 is 1.82 bits per heavy atom. The molecule has 0 saturated carbocycles. The number of nitrogens with zero attached hydrogens (tertiary/aromatic N) is 4. The van der Waals surface area contributed by atoms with Gasteiger partial charge in [0.25, 0.3) is 11.8 Å². The molecular weight excluding hydrogens is 572 g/mol. The van der Waals surface area contributed by atoms with Gasteiger partial charge in [-0.2, -0.15) is 0 Å². The fourth-order valence-electron chi connectivity index (χ4n) is 5.47. The summed E-state index contributed by atoms with van der Waals surface area (Å²) in [6.45, 7) is 7.66. The molecule has 2 amide bonds. The molecule has 1 unspecified atom stereocenters. The highest BCUT2D eigenvalue weighted by Gasteiger charge is 2.33. The van der Waals surface area contributed by atoms with E-state index in [2.05, 4.69) is 45.5 Å². The number of benzene rings is 1. The first-order chi connectivity index (χ1) is 21.3. The van der Waals surface area contributed by atoms with E-state index in [9.17, 15) is 14.7 Å². The van der Waals surface area contributed by atoms with Gasteiger partial charge in [0.15, 0.2) is 0 Å². The van der Waals surface area contributed by atoms with E-state index in [0.717, 1.165) is 40.2 Å². The minimum absolute atomic E-state index is 0.0692. The van der Waals surface area contributed by atoms with E-state index in [1.807, 2.05) is 59.9 Å². The monoisotopic (exact) mass is 612 g/mol. The summed E-state index contributed by atoms with van der Waals surface area (Å²) >= 11 is 1.57. The Balaban J connectivity index is 1.26. The summed E-state index contributed by atoms with van der Waals surface area (Å²) in [5, 5.41) is 20.5. The number of aliphatic hydroxyl groups excluding tert-OH is 1. The Morgan fingerprint density at radius 1 is 1.05 bits per heavy atom. The number of thiazole rings is 1. The normalized spacial score (nSPS) is 16.2. The van der Waals surface area contributed by atoms with Gasteiger partial charge in [0.2, 0.25) is 0 Å². The standard InChI is InChI=1S/C34H40N6O3S/c1-22(2)26-12-25(15-35-17-26)16-36-20-31(41)29(13-24-8-5-4-6-9-24)39-32(42)27-14-28(19-37-18-27)34(43)40-11-7-10-30(40)33-38-23(3)21-44-33/h4-6,8-9,12,14-15,17-19,21-22,29-31,36,41H,7,10-11,13,16,20H2,1-3H3,(H,39,42)/t29-,30?,31+/m0/s1. The highest BCUT2D eigenvalue weighted by atomic mass is 32.1. The number of hydrogen-bond donors (Lipinski definition) is 3. The van der Waals surface area contributed by atoms with Crippen LogP contribution in [0.25, 0.3) is 0 Å². The zero-order chi connectivity index (χ0) is 31.1. The molecule has 1 aromatic carbocycles. The van der Waals surface area contributed by atoms with E-state index in [1.54, 1.807) is 17.4 Å². The maximum Gasteiger partial charge on any atom is 0.256 e. The molecule has 0 bridgehead atoms. The van der Waals surface area contributed by atoms with Crippen LogP contribution < -0.4 is 10.6 Å². The van der Waals surface area contributed by atoms with Crippen LogP contribution in [0.4, 0.5) is 0 Å². The molecule has 1 aliphatic heterocycles. The van der Waals surface area contributed by atoms with E-state index in [1.165, 1.54) is 12.4 Å². The largest absolute Gasteiger partial charge is 0.390 e. The Labute approximate surface area is 262 Å². The fourth-order valence-corrected chi connectivity index (χ4v) is 6.41. The number of pyridine rings is 2. The van der Waals surface area contributed by atoms with Gasteiger partial charge >= 0.3 is 0 Å². The number of aryl methyl sites for hydroxylation is 1. The summed E-state index contributed by atoms with van der Waals surface area (Å²) in [7, 11) is 0. The van der Waals surface area contributed by atoms with Crippen molar-refractivity contribution >= 4 is 23.2 Å². The van der Waals surface area contributed by atoms with E-state index in [-0.39, 0.29) is 24.1 Å². The molecule has 230 valence electrons. The van der Waals surface area contributed by atoms with Crippen molar-refractivity contribution in [2.45, 2.75) is 70.7 Å². The molecule has 1 aliphatic rings. The Bertz CT molecular complexity index is 1560. The van der Waals surface area contributed by atoms with Crippen molar-refractivity contribution in [2.75, 3.05) is 13.1 Å². The number of likely N-dealkylation sites (tertiary alicyclic amines) is 1. The van der Waals surface area contributed by atoms with Crippen molar-refractivity contribution in [3.63, 3.8) is 0 Å². The number of nitrogens with one attached hydrogen (secondary N) is 2. The molecule has 44 heavy (non-hydrogen) atoms. The first kappa shape index (κ1) is 31.4. The SMILES string of the molecule is Cc1csc(C2CCCN2C(=O)c2cncc(C(=O)N[C@@H](Cc3ccccc3)[C@H](O)CNCc3cncc(C(C)C)c3)c2)n1. The van der Waals surface area contributed by atoms with Gasteiger partial charge in [-0.05, 0) is 54.9 Å². The lowest BCUT2D eigenvalue weighted by Gasteiger charge is -2.25. The van der Waals surface area contributed by atoms with Crippen LogP contribution in [-0.2, 0) is 13.0 Å². The van der Waals surface area contributed by atoms with Gasteiger partial charge in [-0.15, -0.1) is 11.3 Å². The highest BCUT2D eigenvalue weighted by molar-refractivity contribution is 7.09. The van der Waals surface area contributed by atoms with E-state index in [0.29, 0.717) is 31.0 Å². The van der Waals surface area contributed by atoms with Crippen LogP contribution >= 0.6 is 11.3 Å². The lowest BCUT2D eigenvalue weighted by atomic mass is 10.00. The smallest absolute Gasteiger partial charge is 0.256 e. The number of carbonyl (C=O) groups is 2. The first-order valence-corrected chi connectivity index (χ1v) is 16.0. The zero-order valence-corrected chi connectivity index (χ0v) is 26.3. The quantitative estimate of drug-likeness (QED) is 0.210. The summed E-state index contributed by atoms with van der Waals surface area (Å²) in [4.78, 5) is 42.1. The molecule has 1 fully saturated rings. The van der Waals surface area contributed by atoms with Crippen molar-refractivity contribution in [1.82, 2.24) is 30.5 Å². The average molecular weight is 613 g/mol. The number of rotatable bonds is 12. The van der Waals surface area contributed by atoms with Crippen molar-refractivity contribution in [3.8, 4) is 0 Å². The molecule has 9 nitrogen and oxygen atoms in total. The second kappa shape index (κ2) is 14.7. The number of aromatic nitrogens is 3. The summed E-state index contributed by atoms with van der Waals surface area (Å²) in [6.07, 6.45) is 7.98. The van der Waals surface area contributed by atoms with E-state index in [4.69, 9.17) is 0 Å². The molecule has 0 radical (unpaired) electrons. The van der Waals surface area contributed by atoms with Crippen LogP contribution in [0.1, 0.15) is 86.8 Å². The summed E-state index contributed by atoms with van der Waals surface area (Å²) in [6, 6.07) is 12.8. The van der Waals surface area contributed by atoms with Crippen LogP contribution in [0, 0.1) is 6.92 Å². The molecular formula is C34H40N6O3S. The number of amides is 2. The van der Waals surface area contributed by atoms with Crippen molar-refractivity contribution in [2.24, 2.45) is 0 Å². The van der Waals surface area contributed by atoms with Crippen LogP contribution in [0.15, 0.2) is 72.6 Å². The predicted molar refractivity (Wildman–Crippen MR) is 172 cm³/mol. The van der Waals surface area contributed by atoms with Gasteiger partial charge in [-0.1, -0.05) is 50.2 Å². The third-order valence-electron chi connectivity index (χ3n) is 7.93. The van der Waals surface area contributed by atoms with Gasteiger partial charge in [0.05, 0.1) is 29.3 Å². The number of aliphatic hydroxyl groups is 1. The lowest BCUT2D eigenvalue weighted by molar-refractivity contribution is 0.0735. The van der Waals surface area contributed by atoms with E-state index >= 15 is 0 Å². The molecule has 0 spiro atoms. The molecule has 10 heteroatoms.